The van der Waals surface area contributed by atoms with Crippen molar-refractivity contribution in [2.45, 2.75) is 32.9 Å². The van der Waals surface area contributed by atoms with Crippen molar-refractivity contribution >= 4 is 15.9 Å². The van der Waals surface area contributed by atoms with Crippen LogP contribution in [-0.4, -0.2) is 9.78 Å². The van der Waals surface area contributed by atoms with Crippen molar-refractivity contribution in [2.75, 3.05) is 0 Å². The number of aromatic nitrogens is 2. The SMILES string of the molecule is CCCn1cc(Oc2ccc([C@@H](C)N)cc2Br)cn1. The molecule has 1 atom stereocenters. The van der Waals surface area contributed by atoms with Crippen LogP contribution >= 0.6 is 15.9 Å². The van der Waals surface area contributed by atoms with Crippen molar-refractivity contribution in [1.82, 2.24) is 9.78 Å². The summed E-state index contributed by atoms with van der Waals surface area (Å²) in [5.74, 6) is 1.50. The zero-order chi connectivity index (χ0) is 13.8. The summed E-state index contributed by atoms with van der Waals surface area (Å²) in [4.78, 5) is 0. The van der Waals surface area contributed by atoms with Gasteiger partial charge in [-0.2, -0.15) is 5.10 Å². The smallest absolute Gasteiger partial charge is 0.165 e. The van der Waals surface area contributed by atoms with Crippen LogP contribution in [0.3, 0.4) is 0 Å². The average Bonchev–Trinajstić information content (AvgIpc) is 2.79. The lowest BCUT2D eigenvalue weighted by atomic mass is 10.1. The van der Waals surface area contributed by atoms with E-state index in [1.807, 2.05) is 36.0 Å². The summed E-state index contributed by atoms with van der Waals surface area (Å²) in [7, 11) is 0. The molecule has 2 rings (SSSR count). The first-order chi connectivity index (χ1) is 9.10. The minimum atomic E-state index is 0.0117. The molecule has 19 heavy (non-hydrogen) atoms. The second kappa shape index (κ2) is 6.21. The fourth-order valence-electron chi connectivity index (χ4n) is 1.76. The van der Waals surface area contributed by atoms with E-state index in [1.54, 1.807) is 6.20 Å². The molecule has 4 nitrogen and oxygen atoms in total. The topological polar surface area (TPSA) is 53.1 Å². The molecule has 102 valence electrons. The van der Waals surface area contributed by atoms with Crippen LogP contribution in [0.25, 0.3) is 0 Å². The van der Waals surface area contributed by atoms with Gasteiger partial charge in [-0.1, -0.05) is 13.0 Å². The molecule has 0 unspecified atom stereocenters. The lowest BCUT2D eigenvalue weighted by Gasteiger charge is -2.10. The Balaban J connectivity index is 2.13. The number of halogens is 1. The highest BCUT2D eigenvalue weighted by atomic mass is 79.9. The van der Waals surface area contributed by atoms with Crippen LogP contribution in [0.5, 0.6) is 11.5 Å². The Morgan fingerprint density at radius 1 is 1.47 bits per heavy atom. The van der Waals surface area contributed by atoms with Gasteiger partial charge in [0.2, 0.25) is 0 Å². The lowest BCUT2D eigenvalue weighted by Crippen LogP contribution is -2.04. The van der Waals surface area contributed by atoms with E-state index in [4.69, 9.17) is 10.5 Å². The normalized spacial score (nSPS) is 12.4. The molecule has 5 heteroatoms. The highest BCUT2D eigenvalue weighted by Gasteiger charge is 2.07. The third kappa shape index (κ3) is 3.58. The van der Waals surface area contributed by atoms with Crippen molar-refractivity contribution in [3.63, 3.8) is 0 Å². The third-order valence-electron chi connectivity index (χ3n) is 2.77. The number of nitrogens with zero attached hydrogens (tertiary/aromatic N) is 2. The van der Waals surface area contributed by atoms with Crippen molar-refractivity contribution in [1.29, 1.82) is 0 Å². The maximum absolute atomic E-state index is 5.85. The minimum Gasteiger partial charge on any atom is -0.453 e. The van der Waals surface area contributed by atoms with Crippen LogP contribution in [0, 0.1) is 0 Å². The van der Waals surface area contributed by atoms with E-state index < -0.39 is 0 Å². The maximum atomic E-state index is 5.85. The first-order valence-electron chi connectivity index (χ1n) is 6.35. The van der Waals surface area contributed by atoms with Crippen LogP contribution in [0.1, 0.15) is 31.9 Å². The van der Waals surface area contributed by atoms with Crippen molar-refractivity contribution in [3.8, 4) is 11.5 Å². The molecule has 0 aliphatic heterocycles. The summed E-state index contributed by atoms with van der Waals surface area (Å²) < 4.78 is 8.57. The molecule has 2 aromatic rings. The van der Waals surface area contributed by atoms with Crippen LogP contribution in [0.2, 0.25) is 0 Å². The van der Waals surface area contributed by atoms with Gasteiger partial charge in [0.15, 0.2) is 5.75 Å². The zero-order valence-electron chi connectivity index (χ0n) is 11.1. The Kier molecular flexibility index (Phi) is 4.61. The van der Waals surface area contributed by atoms with Gasteiger partial charge in [0.05, 0.1) is 16.9 Å². The predicted octanol–water partition coefficient (Wildman–Crippen LogP) is 3.87. The van der Waals surface area contributed by atoms with E-state index in [2.05, 4.69) is 28.0 Å². The van der Waals surface area contributed by atoms with Crippen molar-refractivity contribution in [3.05, 3.63) is 40.6 Å². The lowest BCUT2D eigenvalue weighted by molar-refractivity contribution is 0.477. The third-order valence-corrected chi connectivity index (χ3v) is 3.39. The van der Waals surface area contributed by atoms with Crippen LogP contribution in [0.4, 0.5) is 0 Å². The molecule has 0 aliphatic carbocycles. The molecule has 1 heterocycles. The first-order valence-corrected chi connectivity index (χ1v) is 7.14. The molecular formula is C14H18BrN3O. The van der Waals surface area contributed by atoms with Crippen LogP contribution < -0.4 is 10.5 Å². The predicted molar refractivity (Wildman–Crippen MR) is 79.3 cm³/mol. The molecule has 1 aromatic carbocycles. The highest BCUT2D eigenvalue weighted by molar-refractivity contribution is 9.10. The van der Waals surface area contributed by atoms with Gasteiger partial charge >= 0.3 is 0 Å². The fourth-order valence-corrected chi connectivity index (χ4v) is 2.24. The van der Waals surface area contributed by atoms with E-state index in [9.17, 15) is 0 Å². The average molecular weight is 324 g/mol. The molecule has 0 saturated heterocycles. The molecule has 1 aromatic heterocycles. The van der Waals surface area contributed by atoms with Gasteiger partial charge in [-0.3, -0.25) is 4.68 Å². The molecule has 0 bridgehead atoms. The van der Waals surface area contributed by atoms with Crippen LogP contribution in [-0.2, 0) is 6.54 Å². The summed E-state index contributed by atoms with van der Waals surface area (Å²) in [6.07, 6.45) is 4.67. The second-order valence-corrected chi connectivity index (χ2v) is 5.37. The number of aryl methyl sites for hydroxylation is 1. The molecule has 2 N–H and O–H groups in total. The molecule has 0 amide bonds. The summed E-state index contributed by atoms with van der Waals surface area (Å²) in [5.41, 5.74) is 6.92. The number of hydrogen-bond acceptors (Lipinski definition) is 3. The van der Waals surface area contributed by atoms with Gasteiger partial charge in [0, 0.05) is 12.6 Å². The zero-order valence-corrected chi connectivity index (χ0v) is 12.7. The van der Waals surface area contributed by atoms with Gasteiger partial charge in [0.25, 0.3) is 0 Å². The minimum absolute atomic E-state index is 0.0117. The first kappa shape index (κ1) is 14.1. The van der Waals surface area contributed by atoms with E-state index >= 15 is 0 Å². The Morgan fingerprint density at radius 2 is 2.26 bits per heavy atom. The van der Waals surface area contributed by atoms with Gasteiger partial charge in [-0.05, 0) is 47.0 Å². The Labute approximate surface area is 121 Å². The van der Waals surface area contributed by atoms with Crippen molar-refractivity contribution in [2.24, 2.45) is 5.73 Å². The highest BCUT2D eigenvalue weighted by Crippen LogP contribution is 2.31. The van der Waals surface area contributed by atoms with Crippen LogP contribution in [0.15, 0.2) is 35.1 Å². The Hall–Kier alpha value is -1.33. The van der Waals surface area contributed by atoms with E-state index in [1.165, 1.54) is 0 Å². The summed E-state index contributed by atoms with van der Waals surface area (Å²) in [6.45, 7) is 4.97. The molecule has 0 spiro atoms. The molecule has 0 saturated carbocycles. The summed E-state index contributed by atoms with van der Waals surface area (Å²) >= 11 is 3.50. The number of benzene rings is 1. The number of hydrogen-bond donors (Lipinski definition) is 1. The largest absolute Gasteiger partial charge is 0.453 e. The molecule has 0 fully saturated rings. The Bertz CT molecular complexity index is 551. The fraction of sp³-hybridized carbons (Fsp3) is 0.357. The molecule has 0 aliphatic rings. The number of ether oxygens (including phenoxy) is 1. The van der Waals surface area contributed by atoms with Crippen molar-refractivity contribution < 1.29 is 4.74 Å². The summed E-state index contributed by atoms with van der Waals surface area (Å²) in [6, 6.07) is 5.88. The number of nitrogens with two attached hydrogens (primary N) is 1. The second-order valence-electron chi connectivity index (χ2n) is 4.52. The standard InChI is InChI=1S/C14H18BrN3O/c1-3-6-18-9-12(8-17-18)19-14-5-4-11(10(2)16)7-13(14)15/h4-5,7-10H,3,6,16H2,1-2H3/t10-/m1/s1. The van der Waals surface area contributed by atoms with Gasteiger partial charge in [-0.25, -0.2) is 0 Å². The van der Waals surface area contributed by atoms with Gasteiger partial charge in [0.1, 0.15) is 5.75 Å². The molecular weight excluding hydrogens is 306 g/mol. The van der Waals surface area contributed by atoms with Gasteiger partial charge in [-0.15, -0.1) is 0 Å². The maximum Gasteiger partial charge on any atom is 0.165 e. The van der Waals surface area contributed by atoms with E-state index in [-0.39, 0.29) is 6.04 Å². The van der Waals surface area contributed by atoms with E-state index in [0.29, 0.717) is 0 Å². The molecule has 0 radical (unpaired) electrons. The Morgan fingerprint density at radius 3 is 2.89 bits per heavy atom. The number of rotatable bonds is 5. The van der Waals surface area contributed by atoms with Gasteiger partial charge < -0.3 is 10.5 Å². The van der Waals surface area contributed by atoms with E-state index in [0.717, 1.165) is 34.5 Å². The summed E-state index contributed by atoms with van der Waals surface area (Å²) in [5, 5.41) is 4.23. The quantitative estimate of drug-likeness (QED) is 0.908. The monoisotopic (exact) mass is 323 g/mol.